The number of hydrogen-bond donors (Lipinski definition) is 3. The van der Waals surface area contributed by atoms with Crippen molar-refractivity contribution in [3.05, 3.63) is 107 Å². The average molecular weight is 751 g/mol. The number of pyridine rings is 1. The first-order valence-corrected chi connectivity index (χ1v) is 19.4. The molecule has 0 saturated carbocycles. The van der Waals surface area contributed by atoms with Crippen LogP contribution in [0.1, 0.15) is 70.6 Å². The van der Waals surface area contributed by atoms with Crippen molar-refractivity contribution in [1.29, 1.82) is 0 Å². The number of carbonyl (C=O) groups is 2. The smallest absolute Gasteiger partial charge is 0.251 e. The van der Waals surface area contributed by atoms with Crippen LogP contribution in [0.15, 0.2) is 78.8 Å². The summed E-state index contributed by atoms with van der Waals surface area (Å²) in [6, 6.07) is 16.6. The number of amides is 2. The number of carbonyl (C=O) groups excluding carboxylic acids is 2. The fraction of sp³-hybridized carbons (Fsp3) is 0.442. The quantitative estimate of drug-likeness (QED) is 0.126. The zero-order chi connectivity index (χ0) is 39.0. The van der Waals surface area contributed by atoms with Gasteiger partial charge in [0.25, 0.3) is 11.8 Å². The molecule has 0 radical (unpaired) electrons. The van der Waals surface area contributed by atoms with Crippen molar-refractivity contribution in [2.45, 2.75) is 58.7 Å². The summed E-state index contributed by atoms with van der Waals surface area (Å²) in [7, 11) is 6.13. The van der Waals surface area contributed by atoms with Gasteiger partial charge in [-0.05, 0) is 89.2 Å². The van der Waals surface area contributed by atoms with E-state index in [0.717, 1.165) is 59.5 Å². The third kappa shape index (κ3) is 9.67. The summed E-state index contributed by atoms with van der Waals surface area (Å²) < 4.78 is 22.8. The van der Waals surface area contributed by atoms with Gasteiger partial charge in [-0.3, -0.25) is 9.59 Å². The summed E-state index contributed by atoms with van der Waals surface area (Å²) in [5.74, 6) is -0.846. The van der Waals surface area contributed by atoms with Crippen LogP contribution in [0, 0.1) is 5.41 Å². The Bertz CT molecular complexity index is 2020. The molecule has 11 nitrogen and oxygen atoms in total. The molecule has 2 amide bonds. The molecular weight excluding hydrogens is 696 g/mol. The first kappa shape index (κ1) is 39.8. The van der Waals surface area contributed by atoms with Crippen LogP contribution in [0.25, 0.3) is 16.6 Å². The minimum Gasteiger partial charge on any atom is -0.381 e. The van der Waals surface area contributed by atoms with Gasteiger partial charge >= 0.3 is 0 Å². The molecule has 1 aliphatic carbocycles. The number of nitrogens with one attached hydrogen (secondary N) is 3. The number of rotatable bonds is 16. The van der Waals surface area contributed by atoms with Gasteiger partial charge in [-0.25, -0.2) is 14.1 Å². The normalized spacial score (nSPS) is 17.7. The van der Waals surface area contributed by atoms with E-state index in [2.05, 4.69) is 44.8 Å². The summed E-state index contributed by atoms with van der Waals surface area (Å²) in [5.41, 5.74) is 5.26. The lowest BCUT2D eigenvalue weighted by Gasteiger charge is -2.38. The Morgan fingerprint density at radius 3 is 2.40 bits per heavy atom. The number of anilines is 1. The van der Waals surface area contributed by atoms with Crippen molar-refractivity contribution in [2.75, 3.05) is 65.9 Å². The second-order valence-corrected chi connectivity index (χ2v) is 15.0. The van der Waals surface area contributed by atoms with E-state index >= 15 is 4.39 Å². The van der Waals surface area contributed by atoms with E-state index in [0.29, 0.717) is 62.4 Å². The lowest BCUT2D eigenvalue weighted by Crippen LogP contribution is -2.45. The second-order valence-electron chi connectivity index (χ2n) is 15.0. The molecule has 292 valence electrons. The Kier molecular flexibility index (Phi) is 13.1. The average Bonchev–Trinajstić information content (AvgIpc) is 3.63. The summed E-state index contributed by atoms with van der Waals surface area (Å²) in [6.45, 7) is 9.08. The number of fused-ring (bicyclic) bond motifs is 1. The van der Waals surface area contributed by atoms with E-state index in [1.54, 1.807) is 30.3 Å². The lowest BCUT2D eigenvalue weighted by molar-refractivity contribution is 0.0904. The molecule has 2 aromatic heterocycles. The molecule has 1 aliphatic heterocycles. The Balaban J connectivity index is 1.18. The van der Waals surface area contributed by atoms with Crippen molar-refractivity contribution in [2.24, 2.45) is 5.41 Å². The molecule has 3 N–H and O–H groups in total. The van der Waals surface area contributed by atoms with Gasteiger partial charge in [0.05, 0.1) is 17.3 Å². The second kappa shape index (κ2) is 18.1. The topological polar surface area (TPSA) is 117 Å². The van der Waals surface area contributed by atoms with Crippen molar-refractivity contribution in [3.8, 4) is 0 Å². The SMILES string of the molecule is CCc1nc2c(cnn2CC)c(NC2CCOCC2)c1CNC(=O)c1cccc(C(=O)NCC2(CN(C)CCN(C)C)C=CC(F)=C(c3ccccc3)C2)c1. The van der Waals surface area contributed by atoms with Gasteiger partial charge in [-0.1, -0.05) is 49.4 Å². The number of halogens is 1. The fourth-order valence-electron chi connectivity index (χ4n) is 7.53. The van der Waals surface area contributed by atoms with Crippen molar-refractivity contribution in [3.63, 3.8) is 0 Å². The summed E-state index contributed by atoms with van der Waals surface area (Å²) in [5, 5.41) is 15.5. The van der Waals surface area contributed by atoms with E-state index in [1.165, 1.54) is 0 Å². The standard InChI is InChI=1S/C43H55FN8O3/c1-6-38-35(39(48-33-17-22-55-23-18-33)36-27-47-52(7-2)40(36)49-38)26-45-41(53)31-14-11-15-32(24-31)42(54)46-28-43(29-51(5)21-20-50(3)4)19-16-37(44)34(25-43)30-12-9-8-10-13-30/h8-16,19,24,27,33H,6-7,17-18,20-23,25-26,28-29H2,1-5H3,(H,45,53)(H,46,54)(H,48,49). The highest BCUT2D eigenvalue weighted by Crippen LogP contribution is 2.40. The van der Waals surface area contributed by atoms with E-state index < -0.39 is 5.41 Å². The Labute approximate surface area is 324 Å². The molecule has 0 bridgehead atoms. The zero-order valence-corrected chi connectivity index (χ0v) is 32.8. The van der Waals surface area contributed by atoms with Gasteiger partial charge in [0.15, 0.2) is 5.65 Å². The maximum atomic E-state index is 15.3. The molecule has 0 spiro atoms. The van der Waals surface area contributed by atoms with Crippen LogP contribution in [-0.4, -0.2) is 103 Å². The van der Waals surface area contributed by atoms with E-state index in [4.69, 9.17) is 9.72 Å². The monoisotopic (exact) mass is 750 g/mol. The molecule has 2 aromatic carbocycles. The maximum Gasteiger partial charge on any atom is 0.251 e. The Hall–Kier alpha value is -4.91. The van der Waals surface area contributed by atoms with Gasteiger partial charge in [0.1, 0.15) is 5.83 Å². The van der Waals surface area contributed by atoms with Crippen LogP contribution in [0.2, 0.25) is 0 Å². The number of aromatic nitrogens is 3. The molecule has 1 atom stereocenters. The number of nitrogens with zero attached hydrogens (tertiary/aromatic N) is 5. The largest absolute Gasteiger partial charge is 0.381 e. The van der Waals surface area contributed by atoms with Crippen molar-refractivity contribution >= 4 is 34.1 Å². The summed E-state index contributed by atoms with van der Waals surface area (Å²) in [4.78, 5) is 36.8. The third-order valence-electron chi connectivity index (χ3n) is 10.6. The van der Waals surface area contributed by atoms with Crippen molar-refractivity contribution in [1.82, 2.24) is 35.2 Å². The van der Waals surface area contributed by atoms with Crippen molar-refractivity contribution < 1.29 is 18.7 Å². The van der Waals surface area contributed by atoms with Gasteiger partial charge in [0.2, 0.25) is 0 Å². The van der Waals surface area contributed by atoms with Crippen LogP contribution in [-0.2, 0) is 24.2 Å². The highest BCUT2D eigenvalue weighted by molar-refractivity contribution is 6.00. The first-order valence-electron chi connectivity index (χ1n) is 19.4. The van der Waals surface area contributed by atoms with Gasteiger partial charge in [-0.15, -0.1) is 0 Å². The Morgan fingerprint density at radius 2 is 1.71 bits per heavy atom. The lowest BCUT2D eigenvalue weighted by atomic mass is 9.75. The van der Waals surface area contributed by atoms with Crippen LogP contribution >= 0.6 is 0 Å². The molecule has 12 heteroatoms. The third-order valence-corrected chi connectivity index (χ3v) is 10.6. The maximum absolute atomic E-state index is 15.3. The van der Waals surface area contributed by atoms with Gasteiger partial charge < -0.3 is 30.5 Å². The van der Waals surface area contributed by atoms with Crippen LogP contribution < -0.4 is 16.0 Å². The summed E-state index contributed by atoms with van der Waals surface area (Å²) >= 11 is 0. The predicted molar refractivity (Wildman–Crippen MR) is 217 cm³/mol. The molecule has 1 fully saturated rings. The number of benzene rings is 2. The number of allylic oxidation sites excluding steroid dienone is 3. The summed E-state index contributed by atoms with van der Waals surface area (Å²) in [6.07, 6.45) is 8.19. The minimum absolute atomic E-state index is 0.236. The van der Waals surface area contributed by atoms with E-state index in [9.17, 15) is 9.59 Å². The van der Waals surface area contributed by atoms with E-state index in [1.807, 2.05) is 68.3 Å². The Morgan fingerprint density at radius 1 is 0.982 bits per heavy atom. The molecule has 55 heavy (non-hydrogen) atoms. The predicted octanol–water partition coefficient (Wildman–Crippen LogP) is 6.08. The van der Waals surface area contributed by atoms with E-state index in [-0.39, 0.29) is 30.2 Å². The number of hydrogen-bond acceptors (Lipinski definition) is 8. The van der Waals surface area contributed by atoms with Crippen LogP contribution in [0.5, 0.6) is 0 Å². The fourth-order valence-corrected chi connectivity index (χ4v) is 7.53. The van der Waals surface area contributed by atoms with Gasteiger partial charge in [0, 0.05) is 86.3 Å². The number of likely N-dealkylation sites (N-methyl/N-ethyl adjacent to an activating group) is 2. The molecular formula is C43H55FN8O3. The molecule has 2 aliphatic rings. The molecule has 3 heterocycles. The first-order chi connectivity index (χ1) is 26.6. The highest BCUT2D eigenvalue weighted by atomic mass is 19.1. The van der Waals surface area contributed by atoms with Crippen LogP contribution in [0.3, 0.4) is 0 Å². The minimum atomic E-state index is -0.553. The molecule has 4 aromatic rings. The molecule has 1 saturated heterocycles. The number of ether oxygens (including phenoxy) is 1. The number of aryl methyl sites for hydroxylation is 2. The molecule has 6 rings (SSSR count). The van der Waals surface area contributed by atoms with Crippen LogP contribution in [0.4, 0.5) is 10.1 Å². The zero-order valence-electron chi connectivity index (χ0n) is 32.8. The highest BCUT2D eigenvalue weighted by Gasteiger charge is 2.35. The molecule has 1 unspecified atom stereocenters. The van der Waals surface area contributed by atoms with Gasteiger partial charge in [-0.2, -0.15) is 5.10 Å².